The number of imide groups is 1. The molecular weight excluding hydrogens is 601 g/mol. The van der Waals surface area contributed by atoms with E-state index in [9.17, 15) is 24.5 Å². The summed E-state index contributed by atoms with van der Waals surface area (Å²) in [4.78, 5) is 33.8. The molecule has 1 fully saturated rings. The van der Waals surface area contributed by atoms with Crippen molar-refractivity contribution in [3.63, 3.8) is 0 Å². The summed E-state index contributed by atoms with van der Waals surface area (Å²) in [6.07, 6.45) is -1.52. The van der Waals surface area contributed by atoms with E-state index in [2.05, 4.69) is 17.1 Å². The second-order valence-corrected chi connectivity index (χ2v) is 11.2. The second kappa shape index (κ2) is 11.7. The lowest BCUT2D eigenvalue weighted by Crippen LogP contribution is -2.46. The molecule has 8 nitrogen and oxygen atoms in total. The van der Waals surface area contributed by atoms with Crippen molar-refractivity contribution in [3.05, 3.63) is 89.7 Å². The second-order valence-electron chi connectivity index (χ2n) is 8.37. The first-order valence-electron chi connectivity index (χ1n) is 11.4. The maximum Gasteiger partial charge on any atom is 0.337 e. The minimum atomic E-state index is -2.21. The number of urea groups is 1. The predicted octanol–water partition coefficient (Wildman–Crippen LogP) is 6.51. The number of likely N-dealkylation sites (N-methyl/N-ethyl adjacent to an activating group) is 1. The predicted molar refractivity (Wildman–Crippen MR) is 153 cm³/mol. The maximum absolute atomic E-state index is 14.9. The molecule has 3 aromatic rings. The molecule has 40 heavy (non-hydrogen) atoms. The molecule has 0 radical (unpaired) electrons. The van der Waals surface area contributed by atoms with Gasteiger partial charge >= 0.3 is 6.03 Å². The van der Waals surface area contributed by atoms with E-state index in [-0.39, 0.29) is 28.2 Å². The highest BCUT2D eigenvalue weighted by atomic mass is 35.6. The Kier molecular flexibility index (Phi) is 8.53. The number of anilines is 3. The third kappa shape index (κ3) is 5.42. The molecule has 0 bridgehead atoms. The van der Waals surface area contributed by atoms with Crippen molar-refractivity contribution in [2.75, 3.05) is 16.8 Å². The lowest BCUT2D eigenvalue weighted by atomic mass is 10.1. The van der Waals surface area contributed by atoms with Crippen molar-refractivity contribution in [2.45, 2.75) is 15.3 Å². The van der Waals surface area contributed by atoms with Gasteiger partial charge in [0, 0.05) is 7.05 Å². The number of hydrogen-bond donors (Lipinski definition) is 0. The zero-order valence-corrected chi connectivity index (χ0v) is 23.5. The summed E-state index contributed by atoms with van der Waals surface area (Å²) in [7, 11) is 1.21. The van der Waals surface area contributed by atoms with Crippen LogP contribution in [0.1, 0.15) is 11.1 Å². The number of alkyl halides is 4. The van der Waals surface area contributed by atoms with Gasteiger partial charge in [-0.15, -0.1) is 11.6 Å². The summed E-state index contributed by atoms with van der Waals surface area (Å²) in [6.45, 7) is 0. The van der Waals surface area contributed by atoms with Crippen LogP contribution >= 0.6 is 46.4 Å². The van der Waals surface area contributed by atoms with Gasteiger partial charge in [0.2, 0.25) is 9.63 Å². The Balaban J connectivity index is 2.06. The van der Waals surface area contributed by atoms with Gasteiger partial charge in [-0.05, 0) is 36.4 Å². The zero-order valence-electron chi connectivity index (χ0n) is 20.5. The number of aliphatic imine (C=N–C) groups is 1. The number of nitrogens with zero attached hydrogens (tertiary/aromatic N) is 6. The van der Waals surface area contributed by atoms with Gasteiger partial charge in [0.1, 0.15) is 29.5 Å². The number of amides is 3. The van der Waals surface area contributed by atoms with E-state index in [4.69, 9.17) is 46.4 Å². The van der Waals surface area contributed by atoms with Crippen LogP contribution in [0.15, 0.2) is 77.8 Å². The van der Waals surface area contributed by atoms with Crippen LogP contribution in [0.25, 0.3) is 0 Å². The molecule has 1 aliphatic rings. The topological polar surface area (TPSA) is 104 Å². The van der Waals surface area contributed by atoms with Gasteiger partial charge in [0.15, 0.2) is 0 Å². The molecule has 4 rings (SSSR count). The van der Waals surface area contributed by atoms with Gasteiger partial charge in [0.05, 0.1) is 28.2 Å². The highest BCUT2D eigenvalue weighted by Gasteiger charge is 2.47. The quantitative estimate of drug-likeness (QED) is 0.232. The minimum Gasteiger partial charge on any atom is -0.315 e. The van der Waals surface area contributed by atoms with Crippen molar-refractivity contribution in [1.82, 2.24) is 4.90 Å². The number of halogens is 5. The molecule has 1 heterocycles. The molecule has 2 unspecified atom stereocenters. The smallest absolute Gasteiger partial charge is 0.315 e. The van der Waals surface area contributed by atoms with E-state index < -0.39 is 38.9 Å². The van der Waals surface area contributed by atoms with Crippen LogP contribution in [-0.4, -0.2) is 45.1 Å². The average Bonchev–Trinajstić information content (AvgIpc) is 3.15. The molecule has 0 spiro atoms. The summed E-state index contributed by atoms with van der Waals surface area (Å²) in [5, 5.41) is 18.2. The van der Waals surface area contributed by atoms with Crippen LogP contribution in [0.5, 0.6) is 0 Å². The van der Waals surface area contributed by atoms with E-state index in [1.54, 1.807) is 36.4 Å². The van der Waals surface area contributed by atoms with Gasteiger partial charge < -0.3 is 4.90 Å². The SMILES string of the molecule is CN1C(=O)/C(=N\C(C(Cl)C(Cl)(Cl)Cl)N(c2ccccc2C#N)c2ccccc2C#N)N(c2ccccc2F)C1=O. The van der Waals surface area contributed by atoms with Gasteiger partial charge in [-0.2, -0.15) is 10.5 Å². The van der Waals surface area contributed by atoms with Gasteiger partial charge in [-0.1, -0.05) is 71.2 Å². The fraction of sp³-hybridized carbons (Fsp3) is 0.148. The number of carbonyl (C=O) groups is 2. The fourth-order valence-corrected chi connectivity index (χ4v) is 4.56. The standard InChI is InChI=1S/C27H17Cl4FN6O2/c1-36-25(39)24(38(26(36)40)21-13-7-4-10-18(21)32)35-23(22(28)27(29,30)31)37(19-11-5-2-8-16(19)14-33)20-12-6-3-9-17(20)15-34/h2-13,22-23H,1H3/b35-24+. The molecule has 3 amide bonds. The summed E-state index contributed by atoms with van der Waals surface area (Å²) < 4.78 is 12.7. The van der Waals surface area contributed by atoms with Crippen molar-refractivity contribution in [1.29, 1.82) is 10.5 Å². The van der Waals surface area contributed by atoms with Crippen LogP contribution < -0.4 is 9.80 Å². The number of rotatable bonds is 6. The molecule has 202 valence electrons. The van der Waals surface area contributed by atoms with Gasteiger partial charge in [-0.3, -0.25) is 9.69 Å². The summed E-state index contributed by atoms with van der Waals surface area (Å²) >= 11 is 25.4. The third-order valence-corrected chi connectivity index (χ3v) is 7.53. The lowest BCUT2D eigenvalue weighted by molar-refractivity contribution is -0.119. The average molecular weight is 618 g/mol. The molecular formula is C27H17Cl4FN6O2. The normalized spacial score (nSPS) is 16.1. The highest BCUT2D eigenvalue weighted by Crippen LogP contribution is 2.43. The van der Waals surface area contributed by atoms with E-state index in [0.29, 0.717) is 0 Å². The highest BCUT2D eigenvalue weighted by molar-refractivity contribution is 6.70. The Morgan fingerprint density at radius 3 is 1.90 bits per heavy atom. The molecule has 1 saturated heterocycles. The lowest BCUT2D eigenvalue weighted by Gasteiger charge is -2.37. The molecule has 2 atom stereocenters. The Bertz CT molecular complexity index is 1540. The summed E-state index contributed by atoms with van der Waals surface area (Å²) in [5.41, 5.74) is 0.467. The zero-order chi connectivity index (χ0) is 29.2. The molecule has 0 aromatic heterocycles. The Morgan fingerprint density at radius 1 is 0.900 bits per heavy atom. The first-order valence-corrected chi connectivity index (χ1v) is 13.0. The molecule has 13 heteroatoms. The third-order valence-electron chi connectivity index (χ3n) is 5.94. The maximum atomic E-state index is 14.9. The number of para-hydroxylation sites is 3. The van der Waals surface area contributed by atoms with Crippen LogP contribution in [0, 0.1) is 28.5 Å². The van der Waals surface area contributed by atoms with Gasteiger partial charge in [0.25, 0.3) is 5.91 Å². The monoisotopic (exact) mass is 616 g/mol. The van der Waals surface area contributed by atoms with Crippen molar-refractivity contribution < 1.29 is 14.0 Å². The molecule has 1 aliphatic heterocycles. The van der Waals surface area contributed by atoms with Crippen LogP contribution in [0.3, 0.4) is 0 Å². The van der Waals surface area contributed by atoms with Crippen LogP contribution in [0.4, 0.5) is 26.2 Å². The van der Waals surface area contributed by atoms with Crippen LogP contribution in [-0.2, 0) is 4.79 Å². The molecule has 0 saturated carbocycles. The number of nitriles is 2. The van der Waals surface area contributed by atoms with Gasteiger partial charge in [-0.25, -0.2) is 19.1 Å². The minimum absolute atomic E-state index is 0.144. The Morgan fingerprint density at radius 2 is 1.40 bits per heavy atom. The number of benzene rings is 3. The number of carbonyl (C=O) groups excluding carboxylic acids is 2. The first kappa shape index (κ1) is 29.1. The number of amidine groups is 1. The summed E-state index contributed by atoms with van der Waals surface area (Å²) in [6, 6.07) is 21.2. The molecule has 0 N–H and O–H groups in total. The number of hydrogen-bond acceptors (Lipinski definition) is 6. The molecule has 0 aliphatic carbocycles. The largest absolute Gasteiger partial charge is 0.337 e. The first-order chi connectivity index (χ1) is 19.0. The van der Waals surface area contributed by atoms with Crippen molar-refractivity contribution in [3.8, 4) is 12.1 Å². The van der Waals surface area contributed by atoms with Crippen molar-refractivity contribution >= 4 is 81.2 Å². The van der Waals surface area contributed by atoms with E-state index in [0.717, 1.165) is 15.9 Å². The molecule has 3 aromatic carbocycles. The Labute approximate surface area is 248 Å². The van der Waals surface area contributed by atoms with Crippen molar-refractivity contribution in [2.24, 2.45) is 4.99 Å². The summed E-state index contributed by atoms with van der Waals surface area (Å²) in [5.74, 6) is -2.20. The van der Waals surface area contributed by atoms with E-state index >= 15 is 0 Å². The van der Waals surface area contributed by atoms with E-state index in [1.807, 2.05) is 0 Å². The Hall–Kier alpha value is -3.86. The van der Waals surface area contributed by atoms with E-state index in [1.165, 1.54) is 42.3 Å². The fourth-order valence-electron chi connectivity index (χ4n) is 4.06. The van der Waals surface area contributed by atoms with Crippen LogP contribution in [0.2, 0.25) is 0 Å².